The van der Waals surface area contributed by atoms with Gasteiger partial charge in [-0.05, 0) is 25.1 Å². The van der Waals surface area contributed by atoms with E-state index in [1.165, 1.54) is 0 Å². The van der Waals surface area contributed by atoms with Crippen LogP contribution >= 0.6 is 15.9 Å². The fourth-order valence-electron chi connectivity index (χ4n) is 1.82. The molecule has 0 saturated carbocycles. The van der Waals surface area contributed by atoms with Crippen molar-refractivity contribution in [1.29, 1.82) is 0 Å². The molecule has 5 heteroatoms. The molecule has 0 bridgehead atoms. The molecule has 1 unspecified atom stereocenters. The highest BCUT2D eigenvalue weighted by atomic mass is 79.9. The van der Waals surface area contributed by atoms with Gasteiger partial charge in [0.25, 0.3) is 0 Å². The number of aromatic nitrogens is 2. The standard InChI is InChI=1S/C15H16BrN3O/c1-3-6-20-15-5-4-14(16)7-12(15)8-17-11(2)13-9-18-19-10-13/h1,4-5,7,9-11,17H,6,8H2,2H3,(H,18,19). The molecule has 2 aromatic rings. The Labute approximate surface area is 127 Å². The van der Waals surface area contributed by atoms with Gasteiger partial charge in [-0.15, -0.1) is 6.42 Å². The third kappa shape index (κ3) is 3.86. The largest absolute Gasteiger partial charge is 0.481 e. The Hall–Kier alpha value is -1.77. The Morgan fingerprint density at radius 2 is 2.40 bits per heavy atom. The first-order valence-corrected chi connectivity index (χ1v) is 7.06. The Morgan fingerprint density at radius 3 is 3.10 bits per heavy atom. The lowest BCUT2D eigenvalue weighted by atomic mass is 10.1. The van der Waals surface area contributed by atoms with Crippen molar-refractivity contribution in [2.45, 2.75) is 19.5 Å². The minimum Gasteiger partial charge on any atom is -0.481 e. The lowest BCUT2D eigenvalue weighted by Crippen LogP contribution is -2.18. The SMILES string of the molecule is C#CCOc1ccc(Br)cc1CNC(C)c1cn[nH]c1. The van der Waals surface area contributed by atoms with Gasteiger partial charge in [0.15, 0.2) is 0 Å². The summed E-state index contributed by atoms with van der Waals surface area (Å²) in [6.07, 6.45) is 8.93. The van der Waals surface area contributed by atoms with E-state index in [1.54, 1.807) is 0 Å². The van der Waals surface area contributed by atoms with Gasteiger partial charge in [-0.3, -0.25) is 5.10 Å². The van der Waals surface area contributed by atoms with Gasteiger partial charge in [0, 0.05) is 34.4 Å². The second-order valence-corrected chi connectivity index (χ2v) is 5.29. The normalized spacial score (nSPS) is 11.8. The fourth-order valence-corrected chi connectivity index (χ4v) is 2.23. The van der Waals surface area contributed by atoms with Gasteiger partial charge in [-0.25, -0.2) is 0 Å². The average molecular weight is 334 g/mol. The minimum atomic E-state index is 0.202. The molecule has 0 saturated heterocycles. The molecule has 0 spiro atoms. The van der Waals surface area contributed by atoms with Crippen molar-refractivity contribution in [3.8, 4) is 18.1 Å². The quantitative estimate of drug-likeness (QED) is 0.799. The molecule has 20 heavy (non-hydrogen) atoms. The van der Waals surface area contributed by atoms with Gasteiger partial charge in [0.05, 0.1) is 6.20 Å². The van der Waals surface area contributed by atoms with Crippen LogP contribution in [-0.4, -0.2) is 16.8 Å². The first-order valence-electron chi connectivity index (χ1n) is 6.27. The number of rotatable bonds is 6. The van der Waals surface area contributed by atoms with Crippen molar-refractivity contribution in [3.05, 3.63) is 46.2 Å². The van der Waals surface area contributed by atoms with Gasteiger partial charge < -0.3 is 10.1 Å². The number of nitrogens with one attached hydrogen (secondary N) is 2. The van der Waals surface area contributed by atoms with Gasteiger partial charge in [-0.1, -0.05) is 21.9 Å². The number of ether oxygens (including phenoxy) is 1. The molecular weight excluding hydrogens is 318 g/mol. The summed E-state index contributed by atoms with van der Waals surface area (Å²) in [6.45, 7) is 3.04. The second-order valence-electron chi connectivity index (χ2n) is 4.38. The molecule has 0 aliphatic rings. The maximum atomic E-state index is 5.55. The zero-order valence-corrected chi connectivity index (χ0v) is 12.8. The van der Waals surface area contributed by atoms with Crippen LogP contribution in [0, 0.1) is 12.3 Å². The molecule has 0 amide bonds. The molecule has 104 valence electrons. The van der Waals surface area contributed by atoms with Crippen molar-refractivity contribution in [1.82, 2.24) is 15.5 Å². The first-order chi connectivity index (χ1) is 9.70. The number of halogens is 1. The molecule has 1 aromatic carbocycles. The van der Waals surface area contributed by atoms with Crippen LogP contribution in [0.2, 0.25) is 0 Å². The van der Waals surface area contributed by atoms with Crippen LogP contribution in [0.15, 0.2) is 35.1 Å². The van der Waals surface area contributed by atoms with E-state index in [1.807, 2.05) is 30.6 Å². The van der Waals surface area contributed by atoms with Gasteiger partial charge in [0.1, 0.15) is 12.4 Å². The molecular formula is C15H16BrN3O. The van der Waals surface area contributed by atoms with Gasteiger partial charge >= 0.3 is 0 Å². The predicted molar refractivity (Wildman–Crippen MR) is 82.3 cm³/mol. The van der Waals surface area contributed by atoms with Crippen LogP contribution in [0.3, 0.4) is 0 Å². The number of hydrogen-bond donors (Lipinski definition) is 2. The van der Waals surface area contributed by atoms with Gasteiger partial charge in [-0.2, -0.15) is 5.10 Å². The van der Waals surface area contributed by atoms with Crippen molar-refractivity contribution in [2.75, 3.05) is 6.61 Å². The highest BCUT2D eigenvalue weighted by Gasteiger charge is 2.09. The van der Waals surface area contributed by atoms with Gasteiger partial charge in [0.2, 0.25) is 0 Å². The summed E-state index contributed by atoms with van der Waals surface area (Å²) < 4.78 is 6.56. The summed E-state index contributed by atoms with van der Waals surface area (Å²) in [5.74, 6) is 3.28. The number of benzene rings is 1. The predicted octanol–water partition coefficient (Wildman–Crippen LogP) is 3.04. The maximum Gasteiger partial charge on any atom is 0.148 e. The van der Waals surface area contributed by atoms with Crippen LogP contribution in [0.25, 0.3) is 0 Å². The summed E-state index contributed by atoms with van der Waals surface area (Å²) >= 11 is 3.47. The molecule has 2 rings (SSSR count). The first kappa shape index (κ1) is 14.6. The average Bonchev–Trinajstić information content (AvgIpc) is 2.98. The molecule has 1 heterocycles. The van der Waals surface area contributed by atoms with E-state index < -0.39 is 0 Å². The number of hydrogen-bond acceptors (Lipinski definition) is 3. The Kier molecular flexibility index (Phi) is 5.22. The molecule has 1 atom stereocenters. The monoisotopic (exact) mass is 333 g/mol. The van der Waals surface area contributed by atoms with Crippen molar-refractivity contribution in [2.24, 2.45) is 0 Å². The van der Waals surface area contributed by atoms with Crippen LogP contribution < -0.4 is 10.1 Å². The van der Waals surface area contributed by atoms with Crippen molar-refractivity contribution >= 4 is 15.9 Å². The number of H-pyrrole nitrogens is 1. The topological polar surface area (TPSA) is 49.9 Å². The van der Waals surface area contributed by atoms with E-state index >= 15 is 0 Å². The molecule has 4 nitrogen and oxygen atoms in total. The van der Waals surface area contributed by atoms with E-state index in [2.05, 4.69) is 44.3 Å². The van der Waals surface area contributed by atoms with E-state index in [0.717, 1.165) is 21.3 Å². The van der Waals surface area contributed by atoms with Crippen LogP contribution in [-0.2, 0) is 6.54 Å². The van der Waals surface area contributed by atoms with E-state index in [0.29, 0.717) is 6.54 Å². The molecule has 0 fully saturated rings. The van der Waals surface area contributed by atoms with Crippen molar-refractivity contribution < 1.29 is 4.74 Å². The third-order valence-corrected chi connectivity index (χ3v) is 3.44. The third-order valence-electron chi connectivity index (χ3n) is 2.95. The summed E-state index contributed by atoms with van der Waals surface area (Å²) in [5, 5.41) is 10.2. The lowest BCUT2D eigenvalue weighted by molar-refractivity contribution is 0.364. The van der Waals surface area contributed by atoms with Crippen LogP contribution in [0.4, 0.5) is 0 Å². The summed E-state index contributed by atoms with van der Waals surface area (Å²) in [5.41, 5.74) is 2.18. The van der Waals surface area contributed by atoms with E-state index in [9.17, 15) is 0 Å². The molecule has 0 aliphatic heterocycles. The number of terminal acetylenes is 1. The zero-order chi connectivity index (χ0) is 14.4. The highest BCUT2D eigenvalue weighted by Crippen LogP contribution is 2.24. The highest BCUT2D eigenvalue weighted by molar-refractivity contribution is 9.10. The van der Waals surface area contributed by atoms with Crippen molar-refractivity contribution in [3.63, 3.8) is 0 Å². The molecule has 0 radical (unpaired) electrons. The summed E-state index contributed by atoms with van der Waals surface area (Å²) in [6, 6.07) is 6.09. The smallest absolute Gasteiger partial charge is 0.148 e. The Balaban J connectivity index is 2.04. The second kappa shape index (κ2) is 7.13. The molecule has 2 N–H and O–H groups in total. The fraction of sp³-hybridized carbons (Fsp3) is 0.267. The van der Waals surface area contributed by atoms with Crippen LogP contribution in [0.5, 0.6) is 5.75 Å². The Bertz CT molecular complexity index is 590. The van der Waals surface area contributed by atoms with E-state index in [4.69, 9.17) is 11.2 Å². The van der Waals surface area contributed by atoms with Crippen LogP contribution in [0.1, 0.15) is 24.1 Å². The minimum absolute atomic E-state index is 0.202. The number of nitrogens with zero attached hydrogens (tertiary/aromatic N) is 1. The number of aromatic amines is 1. The zero-order valence-electron chi connectivity index (χ0n) is 11.2. The molecule has 1 aromatic heterocycles. The summed E-state index contributed by atoms with van der Waals surface area (Å²) in [7, 11) is 0. The summed E-state index contributed by atoms with van der Waals surface area (Å²) in [4.78, 5) is 0. The van der Waals surface area contributed by atoms with E-state index in [-0.39, 0.29) is 12.6 Å². The lowest BCUT2D eigenvalue weighted by Gasteiger charge is -2.15. The maximum absolute atomic E-state index is 5.55. The Morgan fingerprint density at radius 1 is 1.55 bits per heavy atom. The molecule has 0 aliphatic carbocycles.